The predicted molar refractivity (Wildman–Crippen MR) is 112 cm³/mol. The van der Waals surface area contributed by atoms with Crippen molar-refractivity contribution in [2.75, 3.05) is 7.11 Å². The molecule has 2 N–H and O–H groups in total. The van der Waals surface area contributed by atoms with Gasteiger partial charge in [-0.15, -0.1) is 11.3 Å². The number of aromatic hydroxyl groups is 1. The van der Waals surface area contributed by atoms with Gasteiger partial charge in [0.1, 0.15) is 9.88 Å². The lowest BCUT2D eigenvalue weighted by Gasteiger charge is -2.03. The number of methoxy groups -OCH3 is 1. The number of hydrazone groups is 1. The molecule has 1 aromatic heterocycles. The highest BCUT2D eigenvalue weighted by atomic mass is 35.5. The van der Waals surface area contributed by atoms with Gasteiger partial charge in [0.15, 0.2) is 11.5 Å². The molecule has 0 saturated heterocycles. The molecule has 28 heavy (non-hydrogen) atoms. The predicted octanol–water partition coefficient (Wildman–Crippen LogP) is 4.90. The highest BCUT2D eigenvalue weighted by molar-refractivity contribution is 7.17. The third-order valence-electron chi connectivity index (χ3n) is 3.77. The van der Waals surface area contributed by atoms with Crippen molar-refractivity contribution < 1.29 is 14.6 Å². The summed E-state index contributed by atoms with van der Waals surface area (Å²) in [6.45, 7) is 1.73. The van der Waals surface area contributed by atoms with E-state index in [4.69, 9.17) is 27.9 Å². The molecule has 144 valence electrons. The van der Waals surface area contributed by atoms with Crippen LogP contribution in [-0.2, 0) is 0 Å². The number of hydrogen-bond acceptors (Lipinski definition) is 6. The fourth-order valence-corrected chi connectivity index (χ4v) is 3.83. The van der Waals surface area contributed by atoms with Crippen LogP contribution in [0.3, 0.4) is 0 Å². The average molecular weight is 436 g/mol. The van der Waals surface area contributed by atoms with Gasteiger partial charge in [-0.3, -0.25) is 4.79 Å². The first-order valence-corrected chi connectivity index (χ1v) is 9.60. The van der Waals surface area contributed by atoms with Gasteiger partial charge in [-0.2, -0.15) is 5.10 Å². The number of halogens is 2. The van der Waals surface area contributed by atoms with Crippen molar-refractivity contribution in [3.63, 3.8) is 0 Å². The van der Waals surface area contributed by atoms with Gasteiger partial charge in [0, 0.05) is 5.56 Å². The summed E-state index contributed by atoms with van der Waals surface area (Å²) < 4.78 is 4.98. The van der Waals surface area contributed by atoms with Crippen LogP contribution in [0.1, 0.15) is 20.9 Å². The number of phenolic OH excluding ortho intramolecular Hbond substituents is 1. The summed E-state index contributed by atoms with van der Waals surface area (Å²) >= 11 is 13.5. The fourth-order valence-electron chi connectivity index (χ4n) is 2.39. The van der Waals surface area contributed by atoms with Crippen LogP contribution in [0.15, 0.2) is 41.5 Å². The number of nitrogens with zero attached hydrogens (tertiary/aromatic N) is 2. The second-order valence-corrected chi connectivity index (χ2v) is 7.45. The Morgan fingerprint density at radius 3 is 2.82 bits per heavy atom. The van der Waals surface area contributed by atoms with Crippen molar-refractivity contribution in [1.29, 1.82) is 0 Å². The summed E-state index contributed by atoms with van der Waals surface area (Å²) in [7, 11) is 1.46. The van der Waals surface area contributed by atoms with Crippen molar-refractivity contribution >= 4 is 46.7 Å². The molecule has 0 spiro atoms. The SMILES string of the molecule is COc1ccc(/C=N/NC(=O)c2sc(-c3cccc(Cl)c3Cl)nc2C)cc1O. The van der Waals surface area contributed by atoms with Gasteiger partial charge >= 0.3 is 0 Å². The normalized spacial score (nSPS) is 11.0. The topological polar surface area (TPSA) is 83.8 Å². The van der Waals surface area contributed by atoms with E-state index in [-0.39, 0.29) is 5.75 Å². The van der Waals surface area contributed by atoms with E-state index < -0.39 is 5.91 Å². The third kappa shape index (κ3) is 4.27. The molecule has 0 saturated carbocycles. The third-order valence-corrected chi connectivity index (χ3v) is 5.78. The Hall–Kier alpha value is -2.61. The minimum atomic E-state index is -0.395. The molecule has 0 aliphatic rings. The van der Waals surface area contributed by atoms with Crippen molar-refractivity contribution in [3.05, 3.63) is 62.6 Å². The molecule has 2 aromatic carbocycles. The van der Waals surface area contributed by atoms with Crippen LogP contribution in [0.5, 0.6) is 11.5 Å². The minimum absolute atomic E-state index is 0.0147. The number of aromatic nitrogens is 1. The van der Waals surface area contributed by atoms with Gasteiger partial charge < -0.3 is 9.84 Å². The maximum absolute atomic E-state index is 12.4. The molecule has 3 aromatic rings. The highest BCUT2D eigenvalue weighted by Crippen LogP contribution is 2.36. The van der Waals surface area contributed by atoms with E-state index in [9.17, 15) is 9.90 Å². The van der Waals surface area contributed by atoms with E-state index >= 15 is 0 Å². The van der Waals surface area contributed by atoms with Crippen LogP contribution in [0.2, 0.25) is 10.0 Å². The molecule has 6 nitrogen and oxygen atoms in total. The number of rotatable bonds is 5. The van der Waals surface area contributed by atoms with Gasteiger partial charge in [-0.05, 0) is 36.8 Å². The zero-order chi connectivity index (χ0) is 20.3. The second-order valence-electron chi connectivity index (χ2n) is 5.67. The summed E-state index contributed by atoms with van der Waals surface area (Å²) in [6.07, 6.45) is 1.42. The number of benzene rings is 2. The number of carbonyl (C=O) groups is 1. The maximum Gasteiger partial charge on any atom is 0.283 e. The van der Waals surface area contributed by atoms with E-state index in [2.05, 4.69) is 15.5 Å². The van der Waals surface area contributed by atoms with Crippen molar-refractivity contribution in [2.45, 2.75) is 6.92 Å². The van der Waals surface area contributed by atoms with Gasteiger partial charge in [0.05, 0.1) is 29.1 Å². The molecule has 0 aliphatic carbocycles. The maximum atomic E-state index is 12.4. The monoisotopic (exact) mass is 435 g/mol. The summed E-state index contributed by atoms with van der Waals surface area (Å²) in [6, 6.07) is 10.0. The van der Waals surface area contributed by atoms with E-state index in [1.165, 1.54) is 30.7 Å². The van der Waals surface area contributed by atoms with Crippen molar-refractivity contribution in [1.82, 2.24) is 10.4 Å². The lowest BCUT2D eigenvalue weighted by atomic mass is 10.2. The quantitative estimate of drug-likeness (QED) is 0.440. The van der Waals surface area contributed by atoms with Crippen molar-refractivity contribution in [2.24, 2.45) is 5.10 Å². The minimum Gasteiger partial charge on any atom is -0.504 e. The molecule has 0 aliphatic heterocycles. The fraction of sp³-hybridized carbons (Fsp3) is 0.105. The summed E-state index contributed by atoms with van der Waals surface area (Å²) in [5, 5.41) is 15.1. The van der Waals surface area contributed by atoms with Gasteiger partial charge in [0.25, 0.3) is 5.91 Å². The molecule has 0 atom stereocenters. The Morgan fingerprint density at radius 2 is 2.11 bits per heavy atom. The summed E-state index contributed by atoms with van der Waals surface area (Å²) in [4.78, 5) is 17.3. The molecule has 0 unspecified atom stereocenters. The molecule has 0 bridgehead atoms. The Balaban J connectivity index is 1.75. The first kappa shape index (κ1) is 20.1. The van der Waals surface area contributed by atoms with Crippen LogP contribution in [0, 0.1) is 6.92 Å². The second kappa shape index (κ2) is 8.60. The van der Waals surface area contributed by atoms with E-state index in [0.717, 1.165) is 0 Å². The van der Waals surface area contributed by atoms with Crippen LogP contribution < -0.4 is 10.2 Å². The van der Waals surface area contributed by atoms with Crippen LogP contribution >= 0.6 is 34.5 Å². The van der Waals surface area contributed by atoms with Crippen LogP contribution in [-0.4, -0.2) is 29.3 Å². The summed E-state index contributed by atoms with van der Waals surface area (Å²) in [5.74, 6) is -0.0545. The van der Waals surface area contributed by atoms with Gasteiger partial charge in [-0.1, -0.05) is 35.3 Å². The zero-order valence-electron chi connectivity index (χ0n) is 14.9. The lowest BCUT2D eigenvalue weighted by Crippen LogP contribution is -2.17. The standard InChI is InChI=1S/C19H15Cl2N3O3S/c1-10-17(28-19(23-10)12-4-3-5-13(20)16(12)21)18(26)24-22-9-11-6-7-15(27-2)14(25)8-11/h3-9,25H,1-2H3,(H,24,26)/b22-9+. The van der Waals surface area contributed by atoms with Crippen molar-refractivity contribution in [3.8, 4) is 22.1 Å². The Kier molecular flexibility index (Phi) is 6.18. The number of thiazole rings is 1. The Labute approximate surface area is 175 Å². The van der Waals surface area contributed by atoms with Gasteiger partial charge in [-0.25, -0.2) is 10.4 Å². The molecule has 9 heteroatoms. The molecule has 0 fully saturated rings. The highest BCUT2D eigenvalue weighted by Gasteiger charge is 2.18. The Morgan fingerprint density at radius 1 is 1.32 bits per heavy atom. The van der Waals surface area contributed by atoms with E-state index in [1.54, 1.807) is 37.3 Å². The lowest BCUT2D eigenvalue weighted by molar-refractivity contribution is 0.0958. The number of amides is 1. The first-order chi connectivity index (χ1) is 13.4. The molecular formula is C19H15Cl2N3O3S. The number of aryl methyl sites for hydroxylation is 1. The average Bonchev–Trinajstić information content (AvgIpc) is 3.05. The van der Waals surface area contributed by atoms with Crippen LogP contribution in [0.4, 0.5) is 0 Å². The van der Waals surface area contributed by atoms with E-state index in [1.807, 2.05) is 0 Å². The summed E-state index contributed by atoms with van der Waals surface area (Å²) in [5.41, 5.74) is 4.29. The molecular weight excluding hydrogens is 421 g/mol. The number of hydrogen-bond donors (Lipinski definition) is 2. The number of carbonyl (C=O) groups excluding carboxylic acids is 1. The first-order valence-electron chi connectivity index (χ1n) is 8.03. The largest absolute Gasteiger partial charge is 0.504 e. The molecule has 3 rings (SSSR count). The number of ether oxygens (including phenoxy) is 1. The zero-order valence-corrected chi connectivity index (χ0v) is 17.2. The number of nitrogens with one attached hydrogen (secondary N) is 1. The van der Waals surface area contributed by atoms with Gasteiger partial charge in [0.2, 0.25) is 0 Å². The Bertz CT molecular complexity index is 1070. The number of phenols is 1. The molecule has 0 radical (unpaired) electrons. The smallest absolute Gasteiger partial charge is 0.283 e. The van der Waals surface area contributed by atoms with E-state index in [0.29, 0.717) is 42.5 Å². The van der Waals surface area contributed by atoms with Crippen LogP contribution in [0.25, 0.3) is 10.6 Å². The molecule has 1 heterocycles. The molecule has 1 amide bonds.